The molecule has 3 rings (SSSR count). The van der Waals surface area contributed by atoms with Crippen molar-refractivity contribution in [3.8, 4) is 11.4 Å². The molecule has 0 radical (unpaired) electrons. The van der Waals surface area contributed by atoms with E-state index in [2.05, 4.69) is 32.8 Å². The zero-order valence-corrected chi connectivity index (χ0v) is 10.6. The molecule has 0 aliphatic carbocycles. The van der Waals surface area contributed by atoms with Gasteiger partial charge in [0.15, 0.2) is 0 Å². The summed E-state index contributed by atoms with van der Waals surface area (Å²) < 4.78 is 2.31. The highest BCUT2D eigenvalue weighted by atomic mass is 15.1. The number of pyridine rings is 1. The molecular weight excluding hydrogens is 224 g/mol. The van der Waals surface area contributed by atoms with Crippen molar-refractivity contribution in [2.45, 2.75) is 19.9 Å². The molecule has 0 saturated carbocycles. The fourth-order valence-electron chi connectivity index (χ4n) is 2.55. The summed E-state index contributed by atoms with van der Waals surface area (Å²) >= 11 is 0. The average molecular weight is 242 g/mol. The van der Waals surface area contributed by atoms with Gasteiger partial charge >= 0.3 is 0 Å². The van der Waals surface area contributed by atoms with Gasteiger partial charge in [0.1, 0.15) is 5.82 Å². The number of hydrogen-bond acceptors (Lipinski definition) is 3. The minimum absolute atomic E-state index is 0.716. The summed E-state index contributed by atoms with van der Waals surface area (Å²) in [6.45, 7) is 5.42. The third-order valence-electron chi connectivity index (χ3n) is 3.58. The molecule has 1 unspecified atom stereocenters. The molecule has 1 N–H and O–H groups in total. The maximum absolute atomic E-state index is 4.53. The molecule has 1 saturated heterocycles. The van der Waals surface area contributed by atoms with Crippen molar-refractivity contribution in [3.05, 3.63) is 36.4 Å². The lowest BCUT2D eigenvalue weighted by molar-refractivity contribution is 0.478. The molecule has 18 heavy (non-hydrogen) atoms. The van der Waals surface area contributed by atoms with E-state index in [1.54, 1.807) is 6.20 Å². The first-order valence-electron chi connectivity index (χ1n) is 6.48. The van der Waals surface area contributed by atoms with Crippen LogP contribution in [0.25, 0.3) is 11.4 Å². The lowest BCUT2D eigenvalue weighted by atomic mass is 10.1. The summed E-state index contributed by atoms with van der Waals surface area (Å²) in [5.41, 5.74) is 2.32. The van der Waals surface area contributed by atoms with Crippen molar-refractivity contribution in [1.29, 1.82) is 0 Å². The lowest BCUT2D eigenvalue weighted by Crippen LogP contribution is -2.16. The van der Waals surface area contributed by atoms with Gasteiger partial charge in [-0.15, -0.1) is 0 Å². The number of nitrogens with zero attached hydrogens (tertiary/aromatic N) is 3. The zero-order chi connectivity index (χ0) is 12.4. The van der Waals surface area contributed by atoms with Gasteiger partial charge in [-0.05, 0) is 44.5 Å². The molecular formula is C14H18N4. The third kappa shape index (κ3) is 2.16. The van der Waals surface area contributed by atoms with E-state index in [4.69, 9.17) is 0 Å². The highest BCUT2D eigenvalue weighted by molar-refractivity contribution is 5.54. The Labute approximate surface area is 107 Å². The second-order valence-electron chi connectivity index (χ2n) is 4.93. The summed E-state index contributed by atoms with van der Waals surface area (Å²) in [5.74, 6) is 1.75. The Balaban J connectivity index is 1.91. The van der Waals surface area contributed by atoms with E-state index in [9.17, 15) is 0 Å². The van der Waals surface area contributed by atoms with Crippen molar-refractivity contribution in [1.82, 2.24) is 19.9 Å². The van der Waals surface area contributed by atoms with Gasteiger partial charge in [0, 0.05) is 36.4 Å². The minimum Gasteiger partial charge on any atom is -0.328 e. The Morgan fingerprint density at radius 2 is 2.39 bits per heavy atom. The number of nitrogens with one attached hydrogen (secondary N) is 1. The Morgan fingerprint density at radius 3 is 3.11 bits per heavy atom. The van der Waals surface area contributed by atoms with Crippen LogP contribution in [0.5, 0.6) is 0 Å². The van der Waals surface area contributed by atoms with Crippen LogP contribution in [0.4, 0.5) is 0 Å². The summed E-state index contributed by atoms with van der Waals surface area (Å²) in [6.07, 6.45) is 6.88. The highest BCUT2D eigenvalue weighted by Crippen LogP contribution is 2.21. The van der Waals surface area contributed by atoms with Gasteiger partial charge in [-0.2, -0.15) is 0 Å². The zero-order valence-electron chi connectivity index (χ0n) is 10.6. The molecule has 2 aromatic rings. The first-order valence-corrected chi connectivity index (χ1v) is 6.48. The van der Waals surface area contributed by atoms with Gasteiger partial charge in [0.05, 0.1) is 0 Å². The predicted octanol–water partition coefficient (Wildman–Crippen LogP) is 1.86. The maximum Gasteiger partial charge on any atom is 0.141 e. The number of hydrogen-bond donors (Lipinski definition) is 1. The largest absolute Gasteiger partial charge is 0.328 e. The van der Waals surface area contributed by atoms with E-state index >= 15 is 0 Å². The Kier molecular flexibility index (Phi) is 3.11. The molecule has 94 valence electrons. The minimum atomic E-state index is 0.716. The van der Waals surface area contributed by atoms with Gasteiger partial charge in [-0.1, -0.05) is 0 Å². The van der Waals surface area contributed by atoms with Crippen molar-refractivity contribution < 1.29 is 0 Å². The second-order valence-corrected chi connectivity index (χ2v) is 4.93. The van der Waals surface area contributed by atoms with Crippen molar-refractivity contribution in [3.63, 3.8) is 0 Å². The third-order valence-corrected chi connectivity index (χ3v) is 3.58. The van der Waals surface area contributed by atoms with E-state index in [1.165, 1.54) is 12.1 Å². The van der Waals surface area contributed by atoms with Gasteiger partial charge < -0.3 is 9.88 Å². The topological polar surface area (TPSA) is 42.7 Å². The standard InChI is InChI=1S/C14H18N4/c1-11-7-17-14(13-3-2-5-15-9-13)18(11)10-12-4-6-16-8-12/h2-3,5,7,9,12,16H,4,6,8,10H2,1H3. The number of rotatable bonds is 3. The molecule has 1 fully saturated rings. The summed E-state index contributed by atoms with van der Waals surface area (Å²) in [7, 11) is 0. The molecule has 0 aromatic carbocycles. The van der Waals surface area contributed by atoms with E-state index in [0.717, 1.165) is 31.0 Å². The molecule has 1 aliphatic rings. The van der Waals surface area contributed by atoms with Crippen LogP contribution in [0.1, 0.15) is 12.1 Å². The first-order chi connectivity index (χ1) is 8.84. The number of imidazole rings is 1. The smallest absolute Gasteiger partial charge is 0.141 e. The summed E-state index contributed by atoms with van der Waals surface area (Å²) in [6, 6.07) is 4.03. The second kappa shape index (κ2) is 4.90. The first kappa shape index (κ1) is 11.4. The van der Waals surface area contributed by atoms with Crippen LogP contribution >= 0.6 is 0 Å². The predicted molar refractivity (Wildman–Crippen MR) is 71.2 cm³/mol. The van der Waals surface area contributed by atoms with Gasteiger partial charge in [0.25, 0.3) is 0 Å². The maximum atomic E-state index is 4.53. The van der Waals surface area contributed by atoms with Crippen LogP contribution in [0, 0.1) is 12.8 Å². The number of aryl methyl sites for hydroxylation is 1. The lowest BCUT2D eigenvalue weighted by Gasteiger charge is -2.14. The van der Waals surface area contributed by atoms with Crippen molar-refractivity contribution in [2.24, 2.45) is 5.92 Å². The Morgan fingerprint density at radius 1 is 1.44 bits per heavy atom. The van der Waals surface area contributed by atoms with Gasteiger partial charge in [0.2, 0.25) is 0 Å². The van der Waals surface area contributed by atoms with E-state index < -0.39 is 0 Å². The quantitative estimate of drug-likeness (QED) is 0.893. The van der Waals surface area contributed by atoms with E-state index in [0.29, 0.717) is 5.92 Å². The van der Waals surface area contributed by atoms with Crippen molar-refractivity contribution >= 4 is 0 Å². The molecule has 4 heteroatoms. The fourth-order valence-corrected chi connectivity index (χ4v) is 2.55. The van der Waals surface area contributed by atoms with Crippen LogP contribution in [0.3, 0.4) is 0 Å². The van der Waals surface area contributed by atoms with Crippen LogP contribution < -0.4 is 5.32 Å². The SMILES string of the molecule is Cc1cnc(-c2cccnc2)n1CC1CCNC1. The van der Waals surface area contributed by atoms with Gasteiger partial charge in [-0.25, -0.2) is 4.98 Å². The summed E-state index contributed by atoms with van der Waals surface area (Å²) in [4.78, 5) is 8.71. The van der Waals surface area contributed by atoms with Crippen LogP contribution in [0.2, 0.25) is 0 Å². The average Bonchev–Trinajstić information content (AvgIpc) is 3.03. The molecule has 1 atom stereocenters. The fraction of sp³-hybridized carbons (Fsp3) is 0.429. The molecule has 0 bridgehead atoms. The van der Waals surface area contributed by atoms with E-state index in [1.807, 2.05) is 18.5 Å². The molecule has 1 aliphatic heterocycles. The Bertz CT molecular complexity index is 512. The molecule has 0 spiro atoms. The molecule has 0 amide bonds. The molecule has 2 aromatic heterocycles. The van der Waals surface area contributed by atoms with E-state index in [-0.39, 0.29) is 0 Å². The number of aromatic nitrogens is 3. The van der Waals surface area contributed by atoms with Crippen LogP contribution in [0.15, 0.2) is 30.7 Å². The Hall–Kier alpha value is -1.68. The van der Waals surface area contributed by atoms with Crippen molar-refractivity contribution in [2.75, 3.05) is 13.1 Å². The molecule has 3 heterocycles. The molecule has 4 nitrogen and oxygen atoms in total. The van der Waals surface area contributed by atoms with Crippen LogP contribution in [-0.4, -0.2) is 27.6 Å². The highest BCUT2D eigenvalue weighted by Gasteiger charge is 2.18. The normalized spacial score (nSPS) is 19.3. The monoisotopic (exact) mass is 242 g/mol. The summed E-state index contributed by atoms with van der Waals surface area (Å²) in [5, 5.41) is 3.42. The van der Waals surface area contributed by atoms with Gasteiger partial charge in [-0.3, -0.25) is 4.98 Å². The van der Waals surface area contributed by atoms with Crippen LogP contribution in [-0.2, 0) is 6.54 Å².